The van der Waals surface area contributed by atoms with Gasteiger partial charge in [0, 0.05) is 36.8 Å². The molecular formula is C44H36FN3O6S. The predicted octanol–water partition coefficient (Wildman–Crippen LogP) is 7.62. The summed E-state index contributed by atoms with van der Waals surface area (Å²) in [6.45, 7) is 0.717. The van der Waals surface area contributed by atoms with Gasteiger partial charge in [-0.3, -0.25) is 29.3 Å². The molecule has 2 atom stereocenters. The number of carbonyl (C=O) groups excluding carboxylic acids is 5. The Morgan fingerprint density at radius 3 is 2.20 bits per heavy atom. The Balaban J connectivity index is 1.12. The molecular weight excluding hydrogens is 718 g/mol. The van der Waals surface area contributed by atoms with Crippen LogP contribution in [0, 0.1) is 5.82 Å². The van der Waals surface area contributed by atoms with Gasteiger partial charge in [-0.25, -0.2) is 4.39 Å². The van der Waals surface area contributed by atoms with E-state index in [0.29, 0.717) is 24.2 Å². The van der Waals surface area contributed by atoms with Crippen LogP contribution in [0.2, 0.25) is 0 Å². The molecule has 0 saturated carbocycles. The molecule has 1 unspecified atom stereocenters. The SMILES string of the molecule is CN(C[C@@H]1CC(OCc2ccccc2-c2ccccc2)CN1C(=O)c1ccccc1C(=O)c1ccc(F)cc1)C(=O)c1ccc(C=C2SC(=O)NC2=O)cc1. The topological polar surface area (TPSA) is 113 Å². The monoisotopic (exact) mass is 753 g/mol. The quantitative estimate of drug-likeness (QED) is 0.109. The molecule has 0 radical (unpaired) electrons. The summed E-state index contributed by atoms with van der Waals surface area (Å²) < 4.78 is 20.2. The van der Waals surface area contributed by atoms with E-state index in [0.717, 1.165) is 28.5 Å². The molecule has 2 heterocycles. The van der Waals surface area contributed by atoms with Gasteiger partial charge in [0.15, 0.2) is 5.78 Å². The van der Waals surface area contributed by atoms with Crippen LogP contribution in [0.3, 0.4) is 0 Å². The Labute approximate surface area is 321 Å². The van der Waals surface area contributed by atoms with E-state index in [4.69, 9.17) is 4.74 Å². The number of nitrogens with one attached hydrogen (secondary N) is 1. The zero-order valence-electron chi connectivity index (χ0n) is 29.8. The second-order valence-corrected chi connectivity index (χ2v) is 14.4. The number of ether oxygens (including phenoxy) is 1. The summed E-state index contributed by atoms with van der Waals surface area (Å²) in [6.07, 6.45) is 1.66. The maximum atomic E-state index is 14.5. The minimum absolute atomic E-state index is 0.184. The molecule has 2 aliphatic rings. The van der Waals surface area contributed by atoms with Gasteiger partial charge in [-0.05, 0) is 89.0 Å². The van der Waals surface area contributed by atoms with Crippen LogP contribution in [0.5, 0.6) is 0 Å². The van der Waals surface area contributed by atoms with Gasteiger partial charge in [-0.15, -0.1) is 0 Å². The number of rotatable bonds is 11. The van der Waals surface area contributed by atoms with Crippen molar-refractivity contribution in [3.8, 4) is 11.1 Å². The first-order valence-corrected chi connectivity index (χ1v) is 18.5. The summed E-state index contributed by atoms with van der Waals surface area (Å²) in [5.74, 6) is -1.99. The Hall–Kier alpha value is -6.17. The van der Waals surface area contributed by atoms with Crippen LogP contribution in [-0.2, 0) is 16.1 Å². The molecule has 2 fully saturated rings. The number of likely N-dealkylation sites (tertiary alicyclic amines) is 1. The Morgan fingerprint density at radius 2 is 1.49 bits per heavy atom. The van der Waals surface area contributed by atoms with Crippen molar-refractivity contribution in [2.45, 2.75) is 25.2 Å². The van der Waals surface area contributed by atoms with Gasteiger partial charge in [-0.2, -0.15) is 0 Å². The molecule has 5 aromatic rings. The third kappa shape index (κ3) is 8.48. The Kier molecular flexibility index (Phi) is 11.1. The van der Waals surface area contributed by atoms with E-state index in [2.05, 4.69) is 5.32 Å². The summed E-state index contributed by atoms with van der Waals surface area (Å²) in [5, 5.41) is 1.79. The normalized spacial score (nSPS) is 17.3. The van der Waals surface area contributed by atoms with Gasteiger partial charge in [0.2, 0.25) is 0 Å². The number of amides is 4. The van der Waals surface area contributed by atoms with Crippen molar-refractivity contribution in [3.63, 3.8) is 0 Å². The molecule has 2 saturated heterocycles. The molecule has 11 heteroatoms. The van der Waals surface area contributed by atoms with E-state index in [1.807, 2.05) is 54.6 Å². The first-order chi connectivity index (χ1) is 26.6. The summed E-state index contributed by atoms with van der Waals surface area (Å²) in [4.78, 5) is 68.8. The van der Waals surface area contributed by atoms with Gasteiger partial charge in [0.1, 0.15) is 5.82 Å². The number of nitrogens with zero attached hydrogens (tertiary/aromatic N) is 2. The molecule has 276 valence electrons. The molecule has 0 aliphatic carbocycles. The van der Waals surface area contributed by atoms with Crippen molar-refractivity contribution in [1.29, 1.82) is 0 Å². The second-order valence-electron chi connectivity index (χ2n) is 13.3. The van der Waals surface area contributed by atoms with Crippen molar-refractivity contribution in [3.05, 3.63) is 171 Å². The van der Waals surface area contributed by atoms with Crippen LogP contribution >= 0.6 is 11.8 Å². The van der Waals surface area contributed by atoms with Crippen LogP contribution in [-0.4, -0.2) is 70.8 Å². The zero-order valence-corrected chi connectivity index (χ0v) is 30.6. The van der Waals surface area contributed by atoms with E-state index >= 15 is 0 Å². The first-order valence-electron chi connectivity index (χ1n) is 17.7. The van der Waals surface area contributed by atoms with Crippen LogP contribution in [0.4, 0.5) is 9.18 Å². The van der Waals surface area contributed by atoms with E-state index in [1.165, 1.54) is 24.3 Å². The van der Waals surface area contributed by atoms with Gasteiger partial charge >= 0.3 is 0 Å². The number of benzene rings is 5. The summed E-state index contributed by atoms with van der Waals surface area (Å²) in [7, 11) is 1.67. The fraction of sp³-hybridized carbons (Fsp3) is 0.159. The number of carbonyl (C=O) groups is 5. The smallest absolute Gasteiger partial charge is 0.290 e. The molecule has 0 spiro atoms. The van der Waals surface area contributed by atoms with Gasteiger partial charge < -0.3 is 14.5 Å². The maximum Gasteiger partial charge on any atom is 0.290 e. The fourth-order valence-corrected chi connectivity index (χ4v) is 7.54. The van der Waals surface area contributed by atoms with Crippen molar-refractivity contribution in [2.75, 3.05) is 20.1 Å². The van der Waals surface area contributed by atoms with E-state index in [9.17, 15) is 28.4 Å². The number of ketones is 1. The number of hydrogen-bond acceptors (Lipinski definition) is 7. The fourth-order valence-electron chi connectivity index (χ4n) is 6.86. The molecule has 1 N–H and O–H groups in total. The predicted molar refractivity (Wildman–Crippen MR) is 209 cm³/mol. The molecule has 9 nitrogen and oxygen atoms in total. The lowest BCUT2D eigenvalue weighted by Gasteiger charge is -2.29. The Bertz CT molecular complexity index is 2300. The summed E-state index contributed by atoms with van der Waals surface area (Å²) >= 11 is 0.817. The molecule has 0 aromatic heterocycles. The standard InChI is InChI=1S/C44H36FN3O6S/c1-47(42(51)31-17-15-28(16-18-31)23-39-41(50)46-44(53)55-39)25-34-24-35(54-27-32-11-5-6-12-36(32)29-9-3-2-4-10-29)26-48(34)43(52)38-14-8-7-13-37(38)40(49)30-19-21-33(45)22-20-30/h2-23,34-35H,24-27H2,1H3,(H,46,50,53)/t34-,35?/m0/s1. The number of thioether (sulfide) groups is 1. The minimum Gasteiger partial charge on any atom is -0.372 e. The molecule has 7 rings (SSSR count). The summed E-state index contributed by atoms with van der Waals surface area (Å²) in [5.41, 5.74) is 4.81. The van der Waals surface area contributed by atoms with Crippen LogP contribution in [0.25, 0.3) is 17.2 Å². The lowest BCUT2D eigenvalue weighted by molar-refractivity contribution is -0.115. The van der Waals surface area contributed by atoms with Crippen LogP contribution < -0.4 is 5.32 Å². The molecule has 4 amide bonds. The third-order valence-electron chi connectivity index (χ3n) is 9.65. The number of halogens is 1. The third-order valence-corrected chi connectivity index (χ3v) is 10.5. The molecule has 5 aromatic carbocycles. The summed E-state index contributed by atoms with van der Waals surface area (Å²) in [6, 6.07) is 36.0. The van der Waals surface area contributed by atoms with Crippen molar-refractivity contribution in [1.82, 2.24) is 15.1 Å². The highest BCUT2D eigenvalue weighted by molar-refractivity contribution is 8.18. The zero-order chi connectivity index (χ0) is 38.5. The lowest BCUT2D eigenvalue weighted by atomic mass is 9.97. The number of likely N-dealkylation sites (N-methyl/N-ethyl adjacent to an activating group) is 1. The van der Waals surface area contributed by atoms with Gasteiger partial charge in [-0.1, -0.05) is 84.9 Å². The highest BCUT2D eigenvalue weighted by atomic mass is 32.2. The lowest BCUT2D eigenvalue weighted by Crippen LogP contribution is -2.44. The average Bonchev–Trinajstić information content (AvgIpc) is 3.77. The number of imide groups is 1. The number of hydrogen-bond donors (Lipinski definition) is 1. The van der Waals surface area contributed by atoms with E-state index in [1.54, 1.807) is 71.5 Å². The molecule has 55 heavy (non-hydrogen) atoms. The maximum absolute atomic E-state index is 14.5. The van der Waals surface area contributed by atoms with Crippen LogP contribution in [0.15, 0.2) is 132 Å². The first kappa shape index (κ1) is 37.2. The average molecular weight is 754 g/mol. The Morgan fingerprint density at radius 1 is 0.836 bits per heavy atom. The van der Waals surface area contributed by atoms with E-state index in [-0.39, 0.29) is 52.6 Å². The minimum atomic E-state index is -0.472. The van der Waals surface area contributed by atoms with Crippen molar-refractivity contribution in [2.24, 2.45) is 0 Å². The largest absolute Gasteiger partial charge is 0.372 e. The van der Waals surface area contributed by atoms with Crippen molar-refractivity contribution < 1.29 is 33.1 Å². The molecule has 2 aliphatic heterocycles. The highest BCUT2D eigenvalue weighted by Gasteiger charge is 2.38. The van der Waals surface area contributed by atoms with E-state index < -0.39 is 28.8 Å². The highest BCUT2D eigenvalue weighted by Crippen LogP contribution is 2.30. The van der Waals surface area contributed by atoms with Gasteiger partial charge in [0.25, 0.3) is 23.0 Å². The second kappa shape index (κ2) is 16.5. The van der Waals surface area contributed by atoms with Gasteiger partial charge in [0.05, 0.1) is 29.2 Å². The molecule has 0 bridgehead atoms. The van der Waals surface area contributed by atoms with Crippen LogP contribution in [0.1, 0.15) is 54.2 Å². The van der Waals surface area contributed by atoms with Crippen molar-refractivity contribution >= 4 is 46.6 Å².